The number of methoxy groups -OCH3 is 1. The van der Waals surface area contributed by atoms with Gasteiger partial charge in [0.15, 0.2) is 15.6 Å². The van der Waals surface area contributed by atoms with Gasteiger partial charge < -0.3 is 4.74 Å². The molecule has 4 nitrogen and oxygen atoms in total. The SMILES string of the molecule is COc1ccc2c(c1)C(=O)CCS2(=O)=O. The minimum atomic E-state index is -3.28. The number of rotatable bonds is 1. The summed E-state index contributed by atoms with van der Waals surface area (Å²) in [7, 11) is -1.80. The van der Waals surface area contributed by atoms with Crippen molar-refractivity contribution in [1.29, 1.82) is 0 Å². The first kappa shape index (κ1) is 10.2. The molecule has 1 aromatic carbocycles. The summed E-state index contributed by atoms with van der Waals surface area (Å²) in [5.41, 5.74) is 0.251. The maximum absolute atomic E-state index is 11.6. The van der Waals surface area contributed by atoms with E-state index in [1.165, 1.54) is 19.2 Å². The molecule has 0 aliphatic carbocycles. The van der Waals surface area contributed by atoms with Crippen LogP contribution < -0.4 is 4.74 Å². The molecule has 0 radical (unpaired) electrons. The summed E-state index contributed by atoms with van der Waals surface area (Å²) in [5, 5.41) is 0. The number of sulfone groups is 1. The molecule has 0 saturated carbocycles. The van der Waals surface area contributed by atoms with Crippen LogP contribution in [0.2, 0.25) is 0 Å². The standard InChI is InChI=1S/C10H10O4S/c1-14-7-2-3-10-8(6-7)9(11)4-5-15(10,12)13/h2-3,6H,4-5H2,1H3. The molecular weight excluding hydrogens is 216 g/mol. The zero-order chi connectivity index (χ0) is 11.1. The Morgan fingerprint density at radius 2 is 2.07 bits per heavy atom. The largest absolute Gasteiger partial charge is 0.497 e. The van der Waals surface area contributed by atoms with E-state index in [0.29, 0.717) is 5.75 Å². The molecule has 1 aliphatic heterocycles. The molecule has 0 spiro atoms. The Morgan fingerprint density at radius 1 is 1.33 bits per heavy atom. The van der Waals surface area contributed by atoms with Crippen LogP contribution in [0.15, 0.2) is 23.1 Å². The third-order valence-electron chi connectivity index (χ3n) is 2.42. The summed E-state index contributed by atoms with van der Waals surface area (Å²) in [6, 6.07) is 4.46. The van der Waals surface area contributed by atoms with Gasteiger partial charge in [0, 0.05) is 12.0 Å². The average Bonchev–Trinajstić information content (AvgIpc) is 2.23. The molecule has 15 heavy (non-hydrogen) atoms. The number of hydrogen-bond donors (Lipinski definition) is 0. The van der Waals surface area contributed by atoms with Crippen LogP contribution in [-0.4, -0.2) is 27.1 Å². The highest BCUT2D eigenvalue weighted by molar-refractivity contribution is 7.91. The van der Waals surface area contributed by atoms with Crippen molar-refractivity contribution in [3.8, 4) is 5.75 Å². The molecule has 5 heteroatoms. The molecule has 0 saturated heterocycles. The Balaban J connectivity index is 2.68. The predicted molar refractivity (Wildman–Crippen MR) is 54.0 cm³/mol. The van der Waals surface area contributed by atoms with Crippen molar-refractivity contribution in [3.05, 3.63) is 23.8 Å². The van der Waals surface area contributed by atoms with E-state index in [1.807, 2.05) is 0 Å². The van der Waals surface area contributed by atoms with Gasteiger partial charge in [-0.1, -0.05) is 0 Å². The van der Waals surface area contributed by atoms with Crippen molar-refractivity contribution >= 4 is 15.6 Å². The second-order valence-corrected chi connectivity index (χ2v) is 5.43. The van der Waals surface area contributed by atoms with Gasteiger partial charge in [-0.3, -0.25) is 4.79 Å². The zero-order valence-corrected chi connectivity index (χ0v) is 9.00. The molecule has 0 N–H and O–H groups in total. The van der Waals surface area contributed by atoms with E-state index in [2.05, 4.69) is 0 Å². The molecule has 0 fully saturated rings. The van der Waals surface area contributed by atoms with Crippen molar-refractivity contribution in [3.63, 3.8) is 0 Å². The molecule has 2 rings (SSSR count). The van der Waals surface area contributed by atoms with Gasteiger partial charge in [0.2, 0.25) is 0 Å². The third kappa shape index (κ3) is 1.63. The van der Waals surface area contributed by atoms with Crippen molar-refractivity contribution in [2.45, 2.75) is 11.3 Å². The van der Waals surface area contributed by atoms with Crippen LogP contribution in [0.4, 0.5) is 0 Å². The molecule has 1 aromatic rings. The Hall–Kier alpha value is -1.36. The number of fused-ring (bicyclic) bond motifs is 1. The van der Waals surface area contributed by atoms with E-state index >= 15 is 0 Å². The molecule has 0 atom stereocenters. The van der Waals surface area contributed by atoms with E-state index in [1.54, 1.807) is 6.07 Å². The first-order chi connectivity index (χ1) is 7.04. The maximum Gasteiger partial charge on any atom is 0.179 e. The van der Waals surface area contributed by atoms with Crippen LogP contribution in [0, 0.1) is 0 Å². The smallest absolute Gasteiger partial charge is 0.179 e. The highest BCUT2D eigenvalue weighted by Crippen LogP contribution is 2.28. The quantitative estimate of drug-likeness (QED) is 0.718. The van der Waals surface area contributed by atoms with Crippen LogP contribution in [0.25, 0.3) is 0 Å². The van der Waals surface area contributed by atoms with E-state index < -0.39 is 9.84 Å². The normalized spacial score (nSPS) is 18.3. The van der Waals surface area contributed by atoms with Crippen molar-refractivity contribution in [2.24, 2.45) is 0 Å². The van der Waals surface area contributed by atoms with Crippen LogP contribution in [-0.2, 0) is 9.84 Å². The average molecular weight is 226 g/mol. The minimum absolute atomic E-state index is 0.0580. The van der Waals surface area contributed by atoms with Gasteiger partial charge in [0.25, 0.3) is 0 Å². The number of benzene rings is 1. The monoisotopic (exact) mass is 226 g/mol. The highest BCUT2D eigenvalue weighted by Gasteiger charge is 2.28. The van der Waals surface area contributed by atoms with Gasteiger partial charge in [-0.2, -0.15) is 0 Å². The Kier molecular flexibility index (Phi) is 2.26. The lowest BCUT2D eigenvalue weighted by Crippen LogP contribution is -2.21. The molecular formula is C10H10O4S. The molecule has 0 unspecified atom stereocenters. The topological polar surface area (TPSA) is 60.4 Å². The van der Waals surface area contributed by atoms with E-state index in [4.69, 9.17) is 4.74 Å². The van der Waals surface area contributed by atoms with Gasteiger partial charge in [-0.15, -0.1) is 0 Å². The summed E-state index contributed by atoms with van der Waals surface area (Å²) in [5.74, 6) is 0.267. The van der Waals surface area contributed by atoms with Gasteiger partial charge in [-0.05, 0) is 18.2 Å². The number of hydrogen-bond acceptors (Lipinski definition) is 4. The van der Waals surface area contributed by atoms with Crippen LogP contribution in [0.3, 0.4) is 0 Å². The molecule has 1 aliphatic rings. The van der Waals surface area contributed by atoms with Crippen LogP contribution in [0.5, 0.6) is 5.75 Å². The summed E-state index contributed by atoms with van der Waals surface area (Å²) < 4.78 is 28.2. The fourth-order valence-electron chi connectivity index (χ4n) is 1.60. The number of ketones is 1. The Labute approximate surface area is 87.8 Å². The number of carbonyl (C=O) groups is 1. The maximum atomic E-state index is 11.6. The molecule has 80 valence electrons. The number of ether oxygens (including phenoxy) is 1. The second kappa shape index (κ2) is 3.34. The van der Waals surface area contributed by atoms with Gasteiger partial charge in [0.05, 0.1) is 17.8 Å². The lowest BCUT2D eigenvalue weighted by Gasteiger charge is -2.15. The van der Waals surface area contributed by atoms with Gasteiger partial charge >= 0.3 is 0 Å². The van der Waals surface area contributed by atoms with Crippen LogP contribution >= 0.6 is 0 Å². The molecule has 0 bridgehead atoms. The lowest BCUT2D eigenvalue weighted by atomic mass is 10.1. The van der Waals surface area contributed by atoms with Crippen molar-refractivity contribution < 1.29 is 17.9 Å². The Bertz CT molecular complexity index is 516. The van der Waals surface area contributed by atoms with Crippen LogP contribution in [0.1, 0.15) is 16.8 Å². The van der Waals surface area contributed by atoms with E-state index in [-0.39, 0.29) is 28.4 Å². The molecule has 0 amide bonds. The summed E-state index contributed by atoms with van der Waals surface area (Å²) >= 11 is 0. The summed E-state index contributed by atoms with van der Waals surface area (Å²) in [6.07, 6.45) is 0.0580. The number of carbonyl (C=O) groups excluding carboxylic acids is 1. The summed E-state index contributed by atoms with van der Waals surface area (Å²) in [6.45, 7) is 0. The van der Waals surface area contributed by atoms with Crippen molar-refractivity contribution in [1.82, 2.24) is 0 Å². The minimum Gasteiger partial charge on any atom is -0.497 e. The second-order valence-electron chi connectivity index (χ2n) is 3.35. The lowest BCUT2D eigenvalue weighted by molar-refractivity contribution is 0.0982. The fourth-order valence-corrected chi connectivity index (χ4v) is 3.05. The molecule has 1 heterocycles. The van der Waals surface area contributed by atoms with E-state index in [9.17, 15) is 13.2 Å². The first-order valence-electron chi connectivity index (χ1n) is 4.48. The van der Waals surface area contributed by atoms with E-state index in [0.717, 1.165) is 0 Å². The predicted octanol–water partition coefficient (Wildman–Crippen LogP) is 1.06. The molecule has 0 aromatic heterocycles. The summed E-state index contributed by atoms with van der Waals surface area (Å²) in [4.78, 5) is 11.6. The zero-order valence-electron chi connectivity index (χ0n) is 8.19. The number of Topliss-reactive ketones (excluding diaryl/α,β-unsaturated/α-hetero) is 1. The Morgan fingerprint density at radius 3 is 2.73 bits per heavy atom. The highest BCUT2D eigenvalue weighted by atomic mass is 32.2. The van der Waals surface area contributed by atoms with Crippen molar-refractivity contribution in [2.75, 3.05) is 12.9 Å². The fraction of sp³-hybridized carbons (Fsp3) is 0.300. The third-order valence-corrected chi connectivity index (χ3v) is 4.19. The first-order valence-corrected chi connectivity index (χ1v) is 6.14. The van der Waals surface area contributed by atoms with Gasteiger partial charge in [0.1, 0.15) is 5.75 Å². The van der Waals surface area contributed by atoms with Gasteiger partial charge in [-0.25, -0.2) is 8.42 Å².